The summed E-state index contributed by atoms with van der Waals surface area (Å²) in [6.45, 7) is 1.29. The first kappa shape index (κ1) is 15.9. The second kappa shape index (κ2) is 6.29. The fraction of sp³-hybridized carbons (Fsp3) is 0.467. The Morgan fingerprint density at radius 1 is 1.39 bits per heavy atom. The van der Waals surface area contributed by atoms with E-state index < -0.39 is 9.84 Å². The van der Waals surface area contributed by atoms with Crippen molar-refractivity contribution >= 4 is 26.6 Å². The fourth-order valence-electron chi connectivity index (χ4n) is 2.93. The minimum absolute atomic E-state index is 0.0364. The number of anilines is 1. The molecule has 0 saturated carbocycles. The first-order valence-electron chi connectivity index (χ1n) is 7.51. The number of nitrogens with zero attached hydrogens (tertiary/aromatic N) is 3. The Kier molecular flexibility index (Phi) is 4.36. The molecule has 0 aliphatic carbocycles. The average Bonchev–Trinajstić information content (AvgIpc) is 3.04. The van der Waals surface area contributed by atoms with Crippen molar-refractivity contribution in [2.75, 3.05) is 37.4 Å². The number of nitrogens with two attached hydrogens (primary N) is 1. The Bertz CT molecular complexity index is 809. The van der Waals surface area contributed by atoms with E-state index in [0.29, 0.717) is 25.4 Å². The van der Waals surface area contributed by atoms with Crippen LogP contribution in [0.25, 0.3) is 11.0 Å². The third kappa shape index (κ3) is 3.09. The van der Waals surface area contributed by atoms with Gasteiger partial charge in [-0.25, -0.2) is 13.4 Å². The molecule has 0 bridgehead atoms. The molecule has 1 unspecified atom stereocenters. The van der Waals surface area contributed by atoms with Crippen LogP contribution in [-0.4, -0.2) is 56.1 Å². The van der Waals surface area contributed by atoms with E-state index in [0.717, 1.165) is 16.7 Å². The maximum Gasteiger partial charge on any atom is 0.213 e. The molecule has 1 saturated heterocycles. The van der Waals surface area contributed by atoms with E-state index in [4.69, 9.17) is 10.5 Å². The molecule has 3 heterocycles. The normalized spacial score (nSPS) is 18.5. The van der Waals surface area contributed by atoms with Gasteiger partial charge in [0.05, 0.1) is 29.3 Å². The van der Waals surface area contributed by atoms with E-state index >= 15 is 0 Å². The molecule has 2 aromatic heterocycles. The second-order valence-corrected chi connectivity index (χ2v) is 7.96. The van der Waals surface area contributed by atoms with Crippen LogP contribution in [0.5, 0.6) is 5.88 Å². The second-order valence-electron chi connectivity index (χ2n) is 5.56. The highest BCUT2D eigenvalue weighted by Crippen LogP contribution is 2.30. The Morgan fingerprint density at radius 3 is 2.96 bits per heavy atom. The van der Waals surface area contributed by atoms with E-state index in [9.17, 15) is 8.42 Å². The fourth-order valence-corrected chi connectivity index (χ4v) is 4.47. The third-order valence-corrected chi connectivity index (χ3v) is 6.35. The molecule has 124 valence electrons. The van der Waals surface area contributed by atoms with Crippen molar-refractivity contribution < 1.29 is 13.2 Å². The maximum atomic E-state index is 12.2. The number of hydrogen-bond donors (Lipinski definition) is 1. The van der Waals surface area contributed by atoms with E-state index in [1.54, 1.807) is 19.4 Å². The molecule has 0 radical (unpaired) electrons. The Hall–Kier alpha value is -1.93. The van der Waals surface area contributed by atoms with Crippen LogP contribution in [0.15, 0.2) is 24.4 Å². The van der Waals surface area contributed by atoms with Gasteiger partial charge in [0.2, 0.25) is 5.88 Å². The van der Waals surface area contributed by atoms with Gasteiger partial charge in [0.1, 0.15) is 5.52 Å². The molecule has 1 aliphatic heterocycles. The van der Waals surface area contributed by atoms with E-state index in [1.165, 1.54) is 0 Å². The summed E-state index contributed by atoms with van der Waals surface area (Å²) in [5, 5.41) is -0.375. The Balaban J connectivity index is 1.93. The van der Waals surface area contributed by atoms with Crippen molar-refractivity contribution in [3.63, 3.8) is 0 Å². The molecule has 3 rings (SSSR count). The molecule has 7 nitrogen and oxygen atoms in total. The van der Waals surface area contributed by atoms with Crippen molar-refractivity contribution in [1.82, 2.24) is 9.97 Å². The van der Waals surface area contributed by atoms with Crippen LogP contribution in [0.4, 0.5) is 5.69 Å². The van der Waals surface area contributed by atoms with E-state index in [-0.39, 0.29) is 17.5 Å². The summed E-state index contributed by atoms with van der Waals surface area (Å²) in [7, 11) is -1.58. The van der Waals surface area contributed by atoms with Gasteiger partial charge in [-0.2, -0.15) is 0 Å². The van der Waals surface area contributed by atoms with Crippen molar-refractivity contribution in [3.05, 3.63) is 24.4 Å². The molecule has 8 heteroatoms. The van der Waals surface area contributed by atoms with Crippen LogP contribution in [-0.2, 0) is 9.84 Å². The zero-order valence-corrected chi connectivity index (χ0v) is 13.8. The van der Waals surface area contributed by atoms with Gasteiger partial charge in [-0.05, 0) is 18.6 Å². The van der Waals surface area contributed by atoms with E-state index in [1.807, 2.05) is 12.1 Å². The molecular formula is C15H20N4O3S. The monoisotopic (exact) mass is 336 g/mol. The van der Waals surface area contributed by atoms with Gasteiger partial charge in [-0.1, -0.05) is 0 Å². The summed E-state index contributed by atoms with van der Waals surface area (Å²) in [6.07, 6.45) is 2.32. The molecule has 0 aromatic carbocycles. The number of sulfone groups is 1. The zero-order chi connectivity index (χ0) is 16.4. The van der Waals surface area contributed by atoms with Gasteiger partial charge >= 0.3 is 0 Å². The van der Waals surface area contributed by atoms with E-state index in [2.05, 4.69) is 14.9 Å². The molecule has 2 N–H and O–H groups in total. The number of fused-ring (bicyclic) bond motifs is 1. The lowest BCUT2D eigenvalue weighted by Gasteiger charge is -2.20. The smallest absolute Gasteiger partial charge is 0.213 e. The predicted molar refractivity (Wildman–Crippen MR) is 89.5 cm³/mol. The maximum absolute atomic E-state index is 12.2. The number of pyridine rings is 2. The highest BCUT2D eigenvalue weighted by atomic mass is 32.2. The van der Waals surface area contributed by atoms with Crippen molar-refractivity contribution in [3.8, 4) is 5.88 Å². The summed E-state index contributed by atoms with van der Waals surface area (Å²) in [5.41, 5.74) is 7.78. The summed E-state index contributed by atoms with van der Waals surface area (Å²) in [5.74, 6) is 0.549. The van der Waals surface area contributed by atoms with Gasteiger partial charge in [0.15, 0.2) is 9.84 Å². The number of ether oxygens (including phenoxy) is 1. The lowest BCUT2D eigenvalue weighted by molar-refractivity contribution is 0.399. The first-order valence-corrected chi connectivity index (χ1v) is 9.23. The van der Waals surface area contributed by atoms with Crippen LogP contribution >= 0.6 is 0 Å². The van der Waals surface area contributed by atoms with Gasteiger partial charge in [0.25, 0.3) is 0 Å². The van der Waals surface area contributed by atoms with Crippen LogP contribution in [0, 0.1) is 0 Å². The predicted octanol–water partition coefficient (Wildman–Crippen LogP) is 0.591. The summed E-state index contributed by atoms with van der Waals surface area (Å²) >= 11 is 0. The molecule has 2 aromatic rings. The van der Waals surface area contributed by atoms with Crippen LogP contribution in [0.1, 0.15) is 6.42 Å². The van der Waals surface area contributed by atoms with Crippen molar-refractivity contribution in [2.45, 2.75) is 11.7 Å². The largest absolute Gasteiger partial charge is 0.481 e. The third-order valence-electron chi connectivity index (χ3n) is 4.14. The topological polar surface area (TPSA) is 98.4 Å². The van der Waals surface area contributed by atoms with Crippen molar-refractivity contribution in [2.24, 2.45) is 5.73 Å². The van der Waals surface area contributed by atoms with Crippen LogP contribution in [0.3, 0.4) is 0 Å². The lowest BCUT2D eigenvalue weighted by Crippen LogP contribution is -2.31. The first-order chi connectivity index (χ1) is 11.0. The van der Waals surface area contributed by atoms with Gasteiger partial charge < -0.3 is 15.4 Å². The Labute approximate surface area is 135 Å². The molecule has 0 amide bonds. The molecule has 23 heavy (non-hydrogen) atoms. The summed E-state index contributed by atoms with van der Waals surface area (Å²) in [6, 6.07) is 5.48. The quantitative estimate of drug-likeness (QED) is 0.853. The SMILES string of the molecule is COc1ccc2nccc(N3CCC(S(=O)(=O)CCN)C3)c2n1. The van der Waals surface area contributed by atoms with Gasteiger partial charge in [-0.3, -0.25) is 4.98 Å². The number of hydrogen-bond acceptors (Lipinski definition) is 7. The highest BCUT2D eigenvalue weighted by molar-refractivity contribution is 7.92. The Morgan fingerprint density at radius 2 is 2.22 bits per heavy atom. The summed E-state index contributed by atoms with van der Waals surface area (Å²) < 4.78 is 29.6. The highest BCUT2D eigenvalue weighted by Gasteiger charge is 2.33. The molecular weight excluding hydrogens is 316 g/mol. The standard InChI is InChI=1S/C15H20N4O3S/c1-22-14-3-2-12-15(18-14)13(4-7-17-12)19-8-5-11(10-19)23(20,21)9-6-16/h2-4,7,11H,5-6,8-10,16H2,1H3. The molecule has 1 atom stereocenters. The van der Waals surface area contributed by atoms with Gasteiger partial charge in [0, 0.05) is 31.9 Å². The van der Waals surface area contributed by atoms with Gasteiger partial charge in [-0.15, -0.1) is 0 Å². The lowest BCUT2D eigenvalue weighted by atomic mass is 10.2. The van der Waals surface area contributed by atoms with Crippen molar-refractivity contribution in [1.29, 1.82) is 0 Å². The van der Waals surface area contributed by atoms with Crippen LogP contribution < -0.4 is 15.4 Å². The minimum Gasteiger partial charge on any atom is -0.481 e. The zero-order valence-electron chi connectivity index (χ0n) is 13.0. The van der Waals surface area contributed by atoms with Crippen LogP contribution in [0.2, 0.25) is 0 Å². The molecule has 1 fully saturated rings. The molecule has 0 spiro atoms. The minimum atomic E-state index is -3.14. The average molecular weight is 336 g/mol. The molecule has 1 aliphatic rings. The summed E-state index contributed by atoms with van der Waals surface area (Å²) in [4.78, 5) is 10.8. The number of methoxy groups -OCH3 is 1. The number of rotatable bonds is 5. The number of aromatic nitrogens is 2.